The maximum atomic E-state index is 5.50. The molecule has 1 rings (SSSR count). The van der Waals surface area contributed by atoms with E-state index in [-0.39, 0.29) is 5.41 Å². The quantitative estimate of drug-likeness (QED) is 0.546. The molecule has 0 aromatic rings. The van der Waals surface area contributed by atoms with Gasteiger partial charge in [-0.05, 0) is 39.7 Å². The summed E-state index contributed by atoms with van der Waals surface area (Å²) >= 11 is 0. The molecule has 2 heteroatoms. The molecule has 0 bridgehead atoms. The van der Waals surface area contributed by atoms with Crippen molar-refractivity contribution in [3.8, 4) is 11.8 Å². The van der Waals surface area contributed by atoms with Crippen molar-refractivity contribution >= 4 is 0 Å². The predicted molar refractivity (Wildman–Crippen MR) is 59.0 cm³/mol. The first-order valence-electron chi connectivity index (χ1n) is 5.36. The van der Waals surface area contributed by atoms with Gasteiger partial charge >= 0.3 is 0 Å². The molecule has 14 heavy (non-hydrogen) atoms. The molecule has 1 atom stereocenters. The Balaban J connectivity index is 2.05. The molecule has 0 aromatic carbocycles. The maximum absolute atomic E-state index is 5.50. The van der Waals surface area contributed by atoms with Crippen LogP contribution in [0.3, 0.4) is 0 Å². The largest absolute Gasteiger partial charge is 0.368 e. The SMILES string of the molecule is CC(C)(C)C#CCOCC1CCNC1. The first kappa shape index (κ1) is 11.6. The van der Waals surface area contributed by atoms with E-state index in [1.54, 1.807) is 0 Å². The van der Waals surface area contributed by atoms with Crippen molar-refractivity contribution in [2.45, 2.75) is 27.2 Å². The zero-order chi connectivity index (χ0) is 10.4. The van der Waals surface area contributed by atoms with Gasteiger partial charge in [0.05, 0.1) is 6.61 Å². The van der Waals surface area contributed by atoms with E-state index in [2.05, 4.69) is 37.9 Å². The number of hydrogen-bond donors (Lipinski definition) is 1. The van der Waals surface area contributed by atoms with Crippen molar-refractivity contribution in [2.24, 2.45) is 11.3 Å². The number of nitrogens with one attached hydrogen (secondary N) is 1. The minimum Gasteiger partial charge on any atom is -0.368 e. The van der Waals surface area contributed by atoms with Gasteiger partial charge in [-0.2, -0.15) is 0 Å². The summed E-state index contributed by atoms with van der Waals surface area (Å²) in [6.07, 6.45) is 1.24. The first-order valence-corrected chi connectivity index (χ1v) is 5.36. The molecule has 0 aliphatic carbocycles. The molecule has 0 radical (unpaired) electrons. The summed E-state index contributed by atoms with van der Waals surface area (Å²) < 4.78 is 5.50. The molecule has 1 N–H and O–H groups in total. The monoisotopic (exact) mass is 195 g/mol. The second-order valence-electron chi connectivity index (χ2n) is 4.93. The van der Waals surface area contributed by atoms with Gasteiger partial charge in [-0.15, -0.1) is 0 Å². The van der Waals surface area contributed by atoms with E-state index in [0.717, 1.165) is 19.7 Å². The highest BCUT2D eigenvalue weighted by Gasteiger charge is 2.13. The van der Waals surface area contributed by atoms with Crippen LogP contribution in [-0.4, -0.2) is 26.3 Å². The Morgan fingerprint density at radius 1 is 1.43 bits per heavy atom. The Morgan fingerprint density at radius 3 is 2.79 bits per heavy atom. The molecule has 0 aromatic heterocycles. The number of ether oxygens (including phenoxy) is 1. The van der Waals surface area contributed by atoms with Crippen molar-refractivity contribution < 1.29 is 4.74 Å². The van der Waals surface area contributed by atoms with Crippen LogP contribution in [0, 0.1) is 23.2 Å². The van der Waals surface area contributed by atoms with E-state index in [9.17, 15) is 0 Å². The smallest absolute Gasteiger partial charge is 0.107 e. The Labute approximate surface area is 87.4 Å². The van der Waals surface area contributed by atoms with Gasteiger partial charge in [-0.3, -0.25) is 0 Å². The minimum atomic E-state index is 0.0955. The number of hydrogen-bond acceptors (Lipinski definition) is 2. The van der Waals surface area contributed by atoms with Gasteiger partial charge in [0.1, 0.15) is 6.61 Å². The number of rotatable bonds is 3. The fourth-order valence-corrected chi connectivity index (χ4v) is 1.43. The average molecular weight is 195 g/mol. The lowest BCUT2D eigenvalue weighted by Gasteiger charge is -2.08. The summed E-state index contributed by atoms with van der Waals surface area (Å²) in [7, 11) is 0. The summed E-state index contributed by atoms with van der Waals surface area (Å²) in [5, 5.41) is 3.32. The fourth-order valence-electron chi connectivity index (χ4n) is 1.43. The van der Waals surface area contributed by atoms with Crippen molar-refractivity contribution in [1.82, 2.24) is 5.32 Å². The van der Waals surface area contributed by atoms with E-state index in [0.29, 0.717) is 12.5 Å². The van der Waals surface area contributed by atoms with Crippen molar-refractivity contribution in [3.63, 3.8) is 0 Å². The highest BCUT2D eigenvalue weighted by Crippen LogP contribution is 2.10. The van der Waals surface area contributed by atoms with E-state index < -0.39 is 0 Å². The van der Waals surface area contributed by atoms with E-state index in [1.807, 2.05) is 0 Å². The van der Waals surface area contributed by atoms with E-state index in [1.165, 1.54) is 6.42 Å². The van der Waals surface area contributed by atoms with Crippen LogP contribution in [0.4, 0.5) is 0 Å². The van der Waals surface area contributed by atoms with Crippen LogP contribution in [0.2, 0.25) is 0 Å². The van der Waals surface area contributed by atoms with Gasteiger partial charge in [-0.1, -0.05) is 11.8 Å². The Kier molecular flexibility index (Phi) is 4.44. The summed E-state index contributed by atoms with van der Waals surface area (Å²) in [6, 6.07) is 0. The Morgan fingerprint density at radius 2 is 2.21 bits per heavy atom. The molecule has 1 aliphatic heterocycles. The van der Waals surface area contributed by atoms with E-state index >= 15 is 0 Å². The fraction of sp³-hybridized carbons (Fsp3) is 0.833. The van der Waals surface area contributed by atoms with E-state index in [4.69, 9.17) is 4.74 Å². The third kappa shape index (κ3) is 5.26. The summed E-state index contributed by atoms with van der Waals surface area (Å²) in [5.74, 6) is 6.91. The third-order valence-corrected chi connectivity index (χ3v) is 2.15. The molecule has 1 unspecified atom stereocenters. The molecule has 1 heterocycles. The molecule has 1 aliphatic rings. The third-order valence-electron chi connectivity index (χ3n) is 2.15. The highest BCUT2D eigenvalue weighted by atomic mass is 16.5. The van der Waals surface area contributed by atoms with Crippen LogP contribution in [-0.2, 0) is 4.74 Å². The molecule has 1 fully saturated rings. The molecule has 80 valence electrons. The topological polar surface area (TPSA) is 21.3 Å². The van der Waals surface area contributed by atoms with Crippen molar-refractivity contribution in [1.29, 1.82) is 0 Å². The second kappa shape index (κ2) is 5.38. The summed E-state index contributed by atoms with van der Waals surface area (Å²) in [5.41, 5.74) is 0.0955. The van der Waals surface area contributed by atoms with Crippen LogP contribution in [0.1, 0.15) is 27.2 Å². The van der Waals surface area contributed by atoms with Crippen LogP contribution < -0.4 is 5.32 Å². The van der Waals surface area contributed by atoms with Gasteiger partial charge in [0.15, 0.2) is 0 Å². The van der Waals surface area contributed by atoms with Gasteiger partial charge in [-0.25, -0.2) is 0 Å². The zero-order valence-corrected chi connectivity index (χ0v) is 9.52. The van der Waals surface area contributed by atoms with Gasteiger partial charge in [0, 0.05) is 12.0 Å². The van der Waals surface area contributed by atoms with Crippen LogP contribution in [0.25, 0.3) is 0 Å². The first-order chi connectivity index (χ1) is 6.58. The summed E-state index contributed by atoms with van der Waals surface area (Å²) in [6.45, 7) is 10.0. The summed E-state index contributed by atoms with van der Waals surface area (Å²) in [4.78, 5) is 0. The highest BCUT2D eigenvalue weighted by molar-refractivity contribution is 5.07. The second-order valence-corrected chi connectivity index (χ2v) is 4.93. The lowest BCUT2D eigenvalue weighted by atomic mass is 9.98. The van der Waals surface area contributed by atoms with Crippen LogP contribution in [0.15, 0.2) is 0 Å². The average Bonchev–Trinajstić information content (AvgIpc) is 2.54. The normalized spacial score (nSPS) is 21.8. The standard InChI is InChI=1S/C12H21NO/c1-12(2,3)6-4-8-14-10-11-5-7-13-9-11/h11,13H,5,7-10H2,1-3H3. The molecule has 0 amide bonds. The van der Waals surface area contributed by atoms with Gasteiger partial charge in [0.25, 0.3) is 0 Å². The van der Waals surface area contributed by atoms with Gasteiger partial charge < -0.3 is 10.1 Å². The van der Waals surface area contributed by atoms with Crippen LogP contribution in [0.5, 0.6) is 0 Å². The van der Waals surface area contributed by atoms with Crippen molar-refractivity contribution in [2.75, 3.05) is 26.3 Å². The van der Waals surface area contributed by atoms with Crippen LogP contribution >= 0.6 is 0 Å². The minimum absolute atomic E-state index is 0.0955. The predicted octanol–water partition coefficient (Wildman–Crippen LogP) is 1.66. The Hall–Kier alpha value is -0.520. The lowest BCUT2D eigenvalue weighted by Crippen LogP contribution is -2.14. The maximum Gasteiger partial charge on any atom is 0.107 e. The van der Waals surface area contributed by atoms with Gasteiger partial charge in [0.2, 0.25) is 0 Å². The lowest BCUT2D eigenvalue weighted by molar-refractivity contribution is 0.133. The van der Waals surface area contributed by atoms with Crippen molar-refractivity contribution in [3.05, 3.63) is 0 Å². The zero-order valence-electron chi connectivity index (χ0n) is 9.52. The molecular formula is C12H21NO. The Bertz CT molecular complexity index is 213. The molecule has 0 spiro atoms. The molecule has 1 saturated heterocycles. The molecular weight excluding hydrogens is 174 g/mol. The molecule has 0 saturated carbocycles. The molecule has 2 nitrogen and oxygen atoms in total.